The Hall–Kier alpha value is -2.50. The molecule has 1 aliphatic heterocycles. The molecule has 1 aromatic heterocycles. The molecule has 0 bridgehead atoms. The third-order valence-corrected chi connectivity index (χ3v) is 7.00. The molecule has 0 saturated carbocycles. The number of benzene rings is 1. The van der Waals surface area contributed by atoms with Crippen molar-refractivity contribution in [2.75, 3.05) is 33.3 Å². The first-order valence-electron chi connectivity index (χ1n) is 8.00. The third-order valence-electron chi connectivity index (χ3n) is 4.24. The van der Waals surface area contributed by atoms with Crippen molar-refractivity contribution in [2.24, 2.45) is 0 Å². The number of carbonyl (C=O) groups is 1. The third kappa shape index (κ3) is 3.80. The van der Waals surface area contributed by atoms with Gasteiger partial charge in [0.05, 0.1) is 21.8 Å². The van der Waals surface area contributed by atoms with Gasteiger partial charge in [-0.2, -0.15) is 4.31 Å². The molecule has 0 atom stereocenters. The van der Waals surface area contributed by atoms with Crippen LogP contribution in [0.2, 0.25) is 0 Å². The van der Waals surface area contributed by atoms with E-state index < -0.39 is 20.6 Å². The number of thiophene rings is 1. The molecule has 1 saturated heterocycles. The molecule has 0 unspecified atom stereocenters. The number of nitrogens with zero attached hydrogens (tertiary/aromatic N) is 3. The maximum atomic E-state index is 12.8. The van der Waals surface area contributed by atoms with E-state index in [2.05, 4.69) is 0 Å². The smallest absolute Gasteiger partial charge is 0.312 e. The van der Waals surface area contributed by atoms with Crippen LogP contribution in [0.25, 0.3) is 0 Å². The second-order valence-corrected chi connectivity index (χ2v) is 8.65. The Morgan fingerprint density at radius 2 is 1.93 bits per heavy atom. The summed E-state index contributed by atoms with van der Waals surface area (Å²) in [7, 11) is -2.63. The summed E-state index contributed by atoms with van der Waals surface area (Å²) in [6.07, 6.45) is 0. The lowest BCUT2D eigenvalue weighted by Gasteiger charge is -2.33. The zero-order chi connectivity index (χ0) is 19.6. The van der Waals surface area contributed by atoms with Gasteiger partial charge in [-0.1, -0.05) is 6.07 Å². The number of hydrogen-bond acceptors (Lipinski definition) is 7. The highest BCUT2D eigenvalue weighted by atomic mass is 32.2. The highest BCUT2D eigenvalue weighted by molar-refractivity contribution is 7.89. The number of piperazine rings is 1. The van der Waals surface area contributed by atoms with E-state index in [-0.39, 0.29) is 42.7 Å². The SMILES string of the molecule is COc1ccc(S(=O)(=O)N2CCN(C(=O)c3cccs3)CC2)cc1[N+](=O)[O-]. The number of hydrogen-bond donors (Lipinski definition) is 0. The van der Waals surface area contributed by atoms with Gasteiger partial charge in [-0.3, -0.25) is 14.9 Å². The van der Waals surface area contributed by atoms with Crippen LogP contribution in [0.4, 0.5) is 5.69 Å². The van der Waals surface area contributed by atoms with Crippen molar-refractivity contribution in [2.45, 2.75) is 4.90 Å². The van der Waals surface area contributed by atoms with Crippen LogP contribution in [-0.4, -0.2) is 61.7 Å². The van der Waals surface area contributed by atoms with E-state index in [0.717, 1.165) is 6.07 Å². The first kappa shape index (κ1) is 19.3. The average Bonchev–Trinajstić information content (AvgIpc) is 3.21. The summed E-state index contributed by atoms with van der Waals surface area (Å²) in [6.45, 7) is 0.765. The van der Waals surface area contributed by atoms with Crippen LogP contribution < -0.4 is 4.74 Å². The number of rotatable bonds is 5. The highest BCUT2D eigenvalue weighted by Gasteiger charge is 2.32. The molecular formula is C16H17N3O6S2. The van der Waals surface area contributed by atoms with E-state index in [1.54, 1.807) is 17.0 Å². The number of nitro benzene ring substituents is 1. The first-order chi connectivity index (χ1) is 12.8. The van der Waals surface area contributed by atoms with Gasteiger partial charge in [-0.05, 0) is 23.6 Å². The van der Waals surface area contributed by atoms with Crippen molar-refractivity contribution >= 4 is 33.0 Å². The number of amides is 1. The maximum absolute atomic E-state index is 12.8. The van der Waals surface area contributed by atoms with Crippen LogP contribution in [0.1, 0.15) is 9.67 Å². The van der Waals surface area contributed by atoms with E-state index in [4.69, 9.17) is 4.74 Å². The molecule has 2 aromatic rings. The molecule has 0 radical (unpaired) electrons. The van der Waals surface area contributed by atoms with Gasteiger partial charge in [0.2, 0.25) is 10.0 Å². The fourth-order valence-electron chi connectivity index (χ4n) is 2.81. The molecule has 1 fully saturated rings. The summed E-state index contributed by atoms with van der Waals surface area (Å²) in [4.78, 5) is 24.9. The molecule has 2 heterocycles. The lowest BCUT2D eigenvalue weighted by atomic mass is 10.3. The van der Waals surface area contributed by atoms with Crippen molar-refractivity contribution < 1.29 is 22.9 Å². The minimum absolute atomic E-state index is 0.00897. The van der Waals surface area contributed by atoms with Crippen molar-refractivity contribution in [3.63, 3.8) is 0 Å². The lowest BCUT2D eigenvalue weighted by Crippen LogP contribution is -2.50. The molecule has 0 aliphatic carbocycles. The zero-order valence-corrected chi connectivity index (χ0v) is 16.0. The molecule has 0 N–H and O–H groups in total. The van der Waals surface area contributed by atoms with Gasteiger partial charge in [0.15, 0.2) is 5.75 Å². The van der Waals surface area contributed by atoms with Gasteiger partial charge < -0.3 is 9.64 Å². The van der Waals surface area contributed by atoms with E-state index in [9.17, 15) is 23.3 Å². The fraction of sp³-hybridized carbons (Fsp3) is 0.312. The van der Waals surface area contributed by atoms with Crippen LogP contribution in [0.15, 0.2) is 40.6 Å². The molecule has 27 heavy (non-hydrogen) atoms. The van der Waals surface area contributed by atoms with Crippen LogP contribution in [0.3, 0.4) is 0 Å². The van der Waals surface area contributed by atoms with E-state index >= 15 is 0 Å². The number of nitro groups is 1. The van der Waals surface area contributed by atoms with Crippen LogP contribution in [-0.2, 0) is 10.0 Å². The van der Waals surface area contributed by atoms with Crippen molar-refractivity contribution in [3.05, 3.63) is 50.7 Å². The van der Waals surface area contributed by atoms with Gasteiger partial charge >= 0.3 is 5.69 Å². The molecule has 0 spiro atoms. The minimum Gasteiger partial charge on any atom is -0.490 e. The number of carbonyl (C=O) groups excluding carboxylic acids is 1. The van der Waals surface area contributed by atoms with Crippen molar-refractivity contribution in [1.29, 1.82) is 0 Å². The van der Waals surface area contributed by atoms with Crippen molar-refractivity contribution in [1.82, 2.24) is 9.21 Å². The Balaban J connectivity index is 1.76. The second-order valence-electron chi connectivity index (χ2n) is 5.76. The van der Waals surface area contributed by atoms with Gasteiger partial charge in [-0.25, -0.2) is 8.42 Å². The Morgan fingerprint density at radius 1 is 1.22 bits per heavy atom. The molecule has 9 nitrogen and oxygen atoms in total. The van der Waals surface area contributed by atoms with Gasteiger partial charge in [0.1, 0.15) is 0 Å². The quantitative estimate of drug-likeness (QED) is 0.548. The molecule has 144 valence electrons. The van der Waals surface area contributed by atoms with E-state index in [1.807, 2.05) is 5.38 Å². The largest absolute Gasteiger partial charge is 0.490 e. The van der Waals surface area contributed by atoms with Gasteiger partial charge in [-0.15, -0.1) is 11.3 Å². The summed E-state index contributed by atoms with van der Waals surface area (Å²) in [5.74, 6) is -0.132. The van der Waals surface area contributed by atoms with Crippen LogP contribution >= 0.6 is 11.3 Å². The predicted octanol–water partition coefficient (Wildman–Crippen LogP) is 1.81. The standard InChI is InChI=1S/C16H17N3O6S2/c1-25-14-5-4-12(11-13(14)19(21)22)27(23,24)18-8-6-17(7-9-18)16(20)15-3-2-10-26-15/h2-5,10-11H,6-9H2,1H3. The summed E-state index contributed by atoms with van der Waals surface area (Å²) >= 11 is 1.34. The van der Waals surface area contributed by atoms with E-state index in [1.165, 1.54) is 34.9 Å². The molecular weight excluding hydrogens is 394 g/mol. The van der Waals surface area contributed by atoms with Gasteiger partial charge in [0, 0.05) is 32.2 Å². The van der Waals surface area contributed by atoms with E-state index in [0.29, 0.717) is 4.88 Å². The molecule has 1 amide bonds. The van der Waals surface area contributed by atoms with Gasteiger partial charge in [0.25, 0.3) is 5.91 Å². The lowest BCUT2D eigenvalue weighted by molar-refractivity contribution is -0.386. The molecule has 1 aliphatic rings. The average molecular weight is 411 g/mol. The Kier molecular flexibility index (Phi) is 5.44. The Bertz CT molecular complexity index is 951. The Morgan fingerprint density at radius 3 is 2.48 bits per heavy atom. The number of ether oxygens (including phenoxy) is 1. The predicted molar refractivity (Wildman–Crippen MR) is 98.6 cm³/mol. The number of sulfonamides is 1. The number of methoxy groups -OCH3 is 1. The summed E-state index contributed by atoms with van der Waals surface area (Å²) in [6, 6.07) is 7.06. The summed E-state index contributed by atoms with van der Waals surface area (Å²) < 4.78 is 31.8. The molecule has 1 aromatic carbocycles. The van der Waals surface area contributed by atoms with Crippen LogP contribution in [0.5, 0.6) is 5.75 Å². The Labute approximate surface area is 160 Å². The molecule has 11 heteroatoms. The first-order valence-corrected chi connectivity index (χ1v) is 10.3. The second kappa shape index (κ2) is 7.62. The fourth-order valence-corrected chi connectivity index (χ4v) is 4.94. The topological polar surface area (TPSA) is 110 Å². The minimum atomic E-state index is -3.91. The summed E-state index contributed by atoms with van der Waals surface area (Å²) in [5.41, 5.74) is -0.412. The highest BCUT2D eigenvalue weighted by Crippen LogP contribution is 2.30. The van der Waals surface area contributed by atoms with Crippen LogP contribution in [0, 0.1) is 10.1 Å². The maximum Gasteiger partial charge on any atom is 0.312 e. The normalized spacial score (nSPS) is 15.5. The molecule has 3 rings (SSSR count). The van der Waals surface area contributed by atoms with Crippen molar-refractivity contribution in [3.8, 4) is 5.75 Å². The monoisotopic (exact) mass is 411 g/mol. The summed E-state index contributed by atoms with van der Waals surface area (Å²) in [5, 5.41) is 13.0. The zero-order valence-electron chi connectivity index (χ0n) is 14.4.